The Morgan fingerprint density at radius 1 is 1.15 bits per heavy atom. The van der Waals surface area contributed by atoms with E-state index in [2.05, 4.69) is 19.2 Å². The summed E-state index contributed by atoms with van der Waals surface area (Å²) in [4.78, 5) is 0. The van der Waals surface area contributed by atoms with Crippen LogP contribution in [0.15, 0.2) is 12.1 Å². The van der Waals surface area contributed by atoms with Crippen molar-refractivity contribution in [3.8, 4) is 17.2 Å². The Morgan fingerprint density at radius 2 is 1.75 bits per heavy atom. The van der Waals surface area contributed by atoms with Crippen molar-refractivity contribution in [3.63, 3.8) is 0 Å². The van der Waals surface area contributed by atoms with Crippen LogP contribution in [0, 0.1) is 0 Å². The van der Waals surface area contributed by atoms with E-state index in [-0.39, 0.29) is 6.61 Å². The van der Waals surface area contributed by atoms with Gasteiger partial charge in [-0.05, 0) is 17.7 Å². The summed E-state index contributed by atoms with van der Waals surface area (Å²) in [7, 11) is 3.21. The predicted octanol–water partition coefficient (Wildman–Crippen LogP) is 1.96. The molecule has 0 spiro atoms. The molecule has 0 saturated heterocycles. The lowest BCUT2D eigenvalue weighted by Crippen LogP contribution is -2.21. The number of hydrogen-bond donors (Lipinski definition) is 2. The van der Waals surface area contributed by atoms with Gasteiger partial charge in [-0.2, -0.15) is 0 Å². The van der Waals surface area contributed by atoms with Gasteiger partial charge in [-0.25, -0.2) is 0 Å². The Morgan fingerprint density at radius 3 is 2.20 bits per heavy atom. The number of hydrogen-bond acceptors (Lipinski definition) is 5. The first kappa shape index (κ1) is 16.6. The molecule has 0 radical (unpaired) electrons. The van der Waals surface area contributed by atoms with Crippen LogP contribution in [0.4, 0.5) is 0 Å². The molecule has 0 unspecified atom stereocenters. The Kier molecular flexibility index (Phi) is 7.18. The van der Waals surface area contributed by atoms with Gasteiger partial charge in [-0.3, -0.25) is 0 Å². The standard InChI is InChI=1S/C15H25NO4/c1-11(2)16-10-12-8-13(18-3)15(14(9-12)19-4)20-7-5-6-17/h8-9,11,16-17H,5-7,10H2,1-4H3. The Labute approximate surface area is 120 Å². The fourth-order valence-electron chi connectivity index (χ4n) is 1.74. The highest BCUT2D eigenvalue weighted by Gasteiger charge is 2.14. The molecule has 114 valence electrons. The maximum Gasteiger partial charge on any atom is 0.203 e. The molecule has 0 aliphatic carbocycles. The van der Waals surface area contributed by atoms with Gasteiger partial charge in [0.2, 0.25) is 5.75 Å². The van der Waals surface area contributed by atoms with Crippen LogP contribution in [0.1, 0.15) is 25.8 Å². The van der Waals surface area contributed by atoms with Gasteiger partial charge in [0.25, 0.3) is 0 Å². The summed E-state index contributed by atoms with van der Waals surface area (Å²) in [6, 6.07) is 4.28. The second kappa shape index (κ2) is 8.66. The average Bonchev–Trinajstić information content (AvgIpc) is 2.45. The number of rotatable bonds is 9. The number of aliphatic hydroxyl groups excluding tert-OH is 1. The van der Waals surface area contributed by atoms with Gasteiger partial charge in [0.05, 0.1) is 20.8 Å². The SMILES string of the molecule is COc1cc(CNC(C)C)cc(OC)c1OCCCO. The molecule has 0 saturated carbocycles. The molecule has 0 atom stereocenters. The fourth-order valence-corrected chi connectivity index (χ4v) is 1.74. The van der Waals surface area contributed by atoms with E-state index in [0.29, 0.717) is 36.3 Å². The van der Waals surface area contributed by atoms with Crippen LogP contribution in [0.25, 0.3) is 0 Å². The van der Waals surface area contributed by atoms with Crippen molar-refractivity contribution >= 4 is 0 Å². The Balaban J connectivity index is 2.92. The lowest BCUT2D eigenvalue weighted by atomic mass is 10.1. The van der Waals surface area contributed by atoms with Gasteiger partial charge < -0.3 is 24.6 Å². The van der Waals surface area contributed by atoms with E-state index in [1.807, 2.05) is 12.1 Å². The van der Waals surface area contributed by atoms with Crippen molar-refractivity contribution in [2.24, 2.45) is 0 Å². The topological polar surface area (TPSA) is 60.0 Å². The number of aliphatic hydroxyl groups is 1. The van der Waals surface area contributed by atoms with E-state index in [4.69, 9.17) is 19.3 Å². The molecule has 0 bridgehead atoms. The molecule has 1 aromatic rings. The lowest BCUT2D eigenvalue weighted by Gasteiger charge is -2.16. The molecule has 0 fully saturated rings. The molecule has 0 amide bonds. The number of methoxy groups -OCH3 is 2. The zero-order valence-corrected chi connectivity index (χ0v) is 12.7. The van der Waals surface area contributed by atoms with Crippen LogP contribution in [-0.2, 0) is 6.54 Å². The second-order valence-corrected chi connectivity index (χ2v) is 4.79. The minimum absolute atomic E-state index is 0.0982. The fraction of sp³-hybridized carbons (Fsp3) is 0.600. The van der Waals surface area contributed by atoms with Gasteiger partial charge in [-0.15, -0.1) is 0 Å². The van der Waals surface area contributed by atoms with Crippen molar-refractivity contribution in [1.82, 2.24) is 5.32 Å². The summed E-state index contributed by atoms with van der Waals surface area (Å²) in [5, 5.41) is 12.2. The maximum atomic E-state index is 8.81. The molecule has 0 aliphatic rings. The summed E-state index contributed by atoms with van der Waals surface area (Å²) < 4.78 is 16.4. The lowest BCUT2D eigenvalue weighted by molar-refractivity contribution is 0.221. The number of nitrogens with one attached hydrogen (secondary N) is 1. The molecule has 20 heavy (non-hydrogen) atoms. The van der Waals surface area contributed by atoms with Gasteiger partial charge in [0.15, 0.2) is 11.5 Å². The molecular weight excluding hydrogens is 258 g/mol. The van der Waals surface area contributed by atoms with Crippen molar-refractivity contribution in [1.29, 1.82) is 0 Å². The molecule has 0 aromatic heterocycles. The third-order valence-electron chi connectivity index (χ3n) is 2.78. The highest BCUT2D eigenvalue weighted by Crippen LogP contribution is 2.38. The summed E-state index contributed by atoms with van der Waals surface area (Å²) in [5.74, 6) is 1.86. The Bertz CT molecular complexity index is 382. The molecule has 0 aliphatic heterocycles. The zero-order chi connectivity index (χ0) is 15.0. The quantitative estimate of drug-likeness (QED) is 0.678. The highest BCUT2D eigenvalue weighted by atomic mass is 16.5. The van der Waals surface area contributed by atoms with E-state index in [0.717, 1.165) is 12.1 Å². The number of ether oxygens (including phenoxy) is 3. The first-order valence-corrected chi connectivity index (χ1v) is 6.84. The monoisotopic (exact) mass is 283 g/mol. The van der Waals surface area contributed by atoms with Crippen LogP contribution in [-0.4, -0.2) is 38.6 Å². The molecule has 2 N–H and O–H groups in total. The average molecular weight is 283 g/mol. The van der Waals surface area contributed by atoms with Gasteiger partial charge >= 0.3 is 0 Å². The van der Waals surface area contributed by atoms with E-state index in [9.17, 15) is 0 Å². The maximum absolute atomic E-state index is 8.81. The van der Waals surface area contributed by atoms with E-state index < -0.39 is 0 Å². The molecule has 1 rings (SSSR count). The molecular formula is C15H25NO4. The van der Waals surface area contributed by atoms with Crippen LogP contribution in [0.3, 0.4) is 0 Å². The van der Waals surface area contributed by atoms with Gasteiger partial charge in [-0.1, -0.05) is 13.8 Å². The van der Waals surface area contributed by atoms with Gasteiger partial charge in [0, 0.05) is 25.6 Å². The Hall–Kier alpha value is -1.46. The summed E-state index contributed by atoms with van der Waals surface area (Å²) >= 11 is 0. The van der Waals surface area contributed by atoms with E-state index in [1.165, 1.54) is 0 Å². The first-order chi connectivity index (χ1) is 9.62. The third kappa shape index (κ3) is 4.90. The molecule has 5 nitrogen and oxygen atoms in total. The number of benzene rings is 1. The van der Waals surface area contributed by atoms with Crippen molar-refractivity contribution in [3.05, 3.63) is 17.7 Å². The zero-order valence-electron chi connectivity index (χ0n) is 12.7. The van der Waals surface area contributed by atoms with E-state index in [1.54, 1.807) is 14.2 Å². The van der Waals surface area contributed by atoms with Crippen LogP contribution < -0.4 is 19.5 Å². The van der Waals surface area contributed by atoms with Crippen molar-refractivity contribution in [2.45, 2.75) is 32.9 Å². The first-order valence-electron chi connectivity index (χ1n) is 6.84. The van der Waals surface area contributed by atoms with Crippen LogP contribution in [0.2, 0.25) is 0 Å². The highest BCUT2D eigenvalue weighted by molar-refractivity contribution is 5.53. The second-order valence-electron chi connectivity index (χ2n) is 4.79. The molecule has 5 heteroatoms. The summed E-state index contributed by atoms with van der Waals surface area (Å²) in [5.41, 5.74) is 1.07. The van der Waals surface area contributed by atoms with Crippen molar-refractivity contribution in [2.75, 3.05) is 27.4 Å². The predicted molar refractivity (Wildman–Crippen MR) is 78.7 cm³/mol. The minimum atomic E-state index is 0.0982. The normalized spacial score (nSPS) is 10.7. The smallest absolute Gasteiger partial charge is 0.203 e. The largest absolute Gasteiger partial charge is 0.493 e. The van der Waals surface area contributed by atoms with Gasteiger partial charge in [0.1, 0.15) is 0 Å². The third-order valence-corrected chi connectivity index (χ3v) is 2.78. The minimum Gasteiger partial charge on any atom is -0.493 e. The molecule has 1 aromatic carbocycles. The summed E-state index contributed by atoms with van der Waals surface area (Å²) in [6.07, 6.45) is 0.572. The summed E-state index contributed by atoms with van der Waals surface area (Å²) in [6.45, 7) is 5.46. The van der Waals surface area contributed by atoms with Crippen LogP contribution in [0.5, 0.6) is 17.2 Å². The van der Waals surface area contributed by atoms with Crippen molar-refractivity contribution < 1.29 is 19.3 Å². The van der Waals surface area contributed by atoms with Crippen LogP contribution >= 0.6 is 0 Å². The molecule has 0 heterocycles. The van der Waals surface area contributed by atoms with E-state index >= 15 is 0 Å².